The molecule has 0 aliphatic heterocycles. The Balaban J connectivity index is 2.02. The summed E-state index contributed by atoms with van der Waals surface area (Å²) in [7, 11) is 0. The molecule has 2 rings (SSSR count). The van der Waals surface area contributed by atoms with Crippen LogP contribution in [0, 0.1) is 11.8 Å². The Labute approximate surface area is 112 Å². The summed E-state index contributed by atoms with van der Waals surface area (Å²) in [5.41, 5.74) is 0. The molecule has 1 N–H and O–H groups in total. The molecule has 1 aromatic rings. The zero-order valence-corrected chi connectivity index (χ0v) is 12.1. The Morgan fingerprint density at radius 2 is 1.88 bits per heavy atom. The van der Waals surface area contributed by atoms with Gasteiger partial charge in [0.25, 0.3) is 0 Å². The van der Waals surface area contributed by atoms with E-state index in [9.17, 15) is 0 Å². The fourth-order valence-corrected chi connectivity index (χ4v) is 2.89. The highest BCUT2D eigenvalue weighted by molar-refractivity contribution is 9.10. The summed E-state index contributed by atoms with van der Waals surface area (Å²) < 4.78 is 0.923. The van der Waals surface area contributed by atoms with Crippen LogP contribution >= 0.6 is 15.9 Å². The van der Waals surface area contributed by atoms with Gasteiger partial charge in [0.2, 0.25) is 5.95 Å². The van der Waals surface area contributed by atoms with Gasteiger partial charge in [0, 0.05) is 18.4 Å². The number of hydrogen-bond acceptors (Lipinski definition) is 3. The summed E-state index contributed by atoms with van der Waals surface area (Å²) in [6.07, 6.45) is 8.83. The SMILES string of the molecule is CC(C)C1CCCCC1Nc1ncc(Br)cn1. The van der Waals surface area contributed by atoms with Gasteiger partial charge in [-0.25, -0.2) is 9.97 Å². The molecule has 0 bridgehead atoms. The monoisotopic (exact) mass is 297 g/mol. The highest BCUT2D eigenvalue weighted by Gasteiger charge is 2.27. The zero-order valence-electron chi connectivity index (χ0n) is 10.5. The molecule has 2 atom stereocenters. The third-order valence-corrected chi connectivity index (χ3v) is 4.02. The molecule has 3 nitrogen and oxygen atoms in total. The van der Waals surface area contributed by atoms with Crippen molar-refractivity contribution in [3.05, 3.63) is 16.9 Å². The molecule has 1 heterocycles. The number of nitrogens with zero attached hydrogens (tertiary/aromatic N) is 2. The average Bonchev–Trinajstić information content (AvgIpc) is 2.32. The maximum atomic E-state index is 4.30. The molecule has 1 aromatic heterocycles. The third kappa shape index (κ3) is 3.41. The number of aromatic nitrogens is 2. The maximum absolute atomic E-state index is 4.30. The molecule has 2 unspecified atom stereocenters. The van der Waals surface area contributed by atoms with E-state index in [4.69, 9.17) is 0 Å². The smallest absolute Gasteiger partial charge is 0.222 e. The maximum Gasteiger partial charge on any atom is 0.222 e. The van der Waals surface area contributed by atoms with E-state index in [1.54, 1.807) is 12.4 Å². The number of anilines is 1. The number of nitrogens with one attached hydrogen (secondary N) is 1. The van der Waals surface area contributed by atoms with Crippen molar-refractivity contribution < 1.29 is 0 Å². The van der Waals surface area contributed by atoms with Crippen LogP contribution in [0.25, 0.3) is 0 Å². The first-order valence-electron chi connectivity index (χ1n) is 6.41. The first kappa shape index (κ1) is 12.8. The first-order valence-corrected chi connectivity index (χ1v) is 7.20. The summed E-state index contributed by atoms with van der Waals surface area (Å²) in [4.78, 5) is 8.59. The molecule has 94 valence electrons. The van der Waals surface area contributed by atoms with Crippen molar-refractivity contribution in [1.82, 2.24) is 9.97 Å². The highest BCUT2D eigenvalue weighted by Crippen LogP contribution is 2.31. The lowest BCUT2D eigenvalue weighted by atomic mass is 9.78. The molecule has 1 fully saturated rings. The minimum atomic E-state index is 0.532. The van der Waals surface area contributed by atoms with Crippen LogP contribution in [-0.4, -0.2) is 16.0 Å². The summed E-state index contributed by atoms with van der Waals surface area (Å²) in [5, 5.41) is 3.50. The summed E-state index contributed by atoms with van der Waals surface area (Å²) in [6, 6.07) is 0.532. The average molecular weight is 298 g/mol. The van der Waals surface area contributed by atoms with E-state index in [0.717, 1.165) is 22.3 Å². The first-order chi connectivity index (χ1) is 8.16. The third-order valence-electron chi connectivity index (χ3n) is 3.61. The highest BCUT2D eigenvalue weighted by atomic mass is 79.9. The van der Waals surface area contributed by atoms with Gasteiger partial charge in [-0.05, 0) is 40.6 Å². The number of rotatable bonds is 3. The van der Waals surface area contributed by atoms with Crippen LogP contribution in [0.4, 0.5) is 5.95 Å². The fraction of sp³-hybridized carbons (Fsp3) is 0.692. The second kappa shape index (κ2) is 5.80. The lowest BCUT2D eigenvalue weighted by Gasteiger charge is -2.34. The van der Waals surface area contributed by atoms with Gasteiger partial charge in [0.05, 0.1) is 4.47 Å². The molecular weight excluding hydrogens is 278 g/mol. The quantitative estimate of drug-likeness (QED) is 0.920. The fourth-order valence-electron chi connectivity index (χ4n) is 2.69. The van der Waals surface area contributed by atoms with E-state index < -0.39 is 0 Å². The van der Waals surface area contributed by atoms with Crippen LogP contribution in [0.1, 0.15) is 39.5 Å². The molecule has 0 radical (unpaired) electrons. The van der Waals surface area contributed by atoms with Crippen molar-refractivity contribution in [2.24, 2.45) is 11.8 Å². The second-order valence-corrected chi connectivity index (χ2v) is 6.08. The molecule has 17 heavy (non-hydrogen) atoms. The van der Waals surface area contributed by atoms with Crippen LogP contribution < -0.4 is 5.32 Å². The second-order valence-electron chi connectivity index (χ2n) is 5.17. The van der Waals surface area contributed by atoms with Crippen LogP contribution in [-0.2, 0) is 0 Å². The van der Waals surface area contributed by atoms with Crippen molar-refractivity contribution in [2.45, 2.75) is 45.6 Å². The molecular formula is C13H20BrN3. The Hall–Kier alpha value is -0.640. The van der Waals surface area contributed by atoms with E-state index in [-0.39, 0.29) is 0 Å². The lowest BCUT2D eigenvalue weighted by Crippen LogP contribution is -2.35. The van der Waals surface area contributed by atoms with Gasteiger partial charge in [-0.2, -0.15) is 0 Å². The molecule has 0 saturated heterocycles. The summed E-state index contributed by atoms with van der Waals surface area (Å²) in [5.74, 6) is 2.23. The van der Waals surface area contributed by atoms with Crippen molar-refractivity contribution in [2.75, 3.05) is 5.32 Å². The molecule has 1 saturated carbocycles. The molecule has 0 amide bonds. The van der Waals surface area contributed by atoms with Gasteiger partial charge in [-0.3, -0.25) is 0 Å². The van der Waals surface area contributed by atoms with Crippen LogP contribution in [0.5, 0.6) is 0 Å². The zero-order chi connectivity index (χ0) is 12.3. The van der Waals surface area contributed by atoms with Crippen LogP contribution in [0.15, 0.2) is 16.9 Å². The standard InChI is InChI=1S/C13H20BrN3/c1-9(2)11-5-3-4-6-12(11)17-13-15-7-10(14)8-16-13/h7-9,11-12H,3-6H2,1-2H3,(H,15,16,17). The lowest BCUT2D eigenvalue weighted by molar-refractivity contribution is 0.253. The normalized spacial score (nSPS) is 24.9. The molecule has 0 aromatic carbocycles. The van der Waals surface area contributed by atoms with Gasteiger partial charge in [-0.15, -0.1) is 0 Å². The van der Waals surface area contributed by atoms with Gasteiger partial charge in [-0.1, -0.05) is 26.7 Å². The number of hydrogen-bond donors (Lipinski definition) is 1. The molecule has 1 aliphatic carbocycles. The molecule has 1 aliphatic rings. The van der Waals surface area contributed by atoms with E-state index in [1.165, 1.54) is 25.7 Å². The van der Waals surface area contributed by atoms with Gasteiger partial charge < -0.3 is 5.32 Å². The predicted octanol–water partition coefficient (Wildman–Crippen LogP) is 3.87. The number of halogens is 1. The van der Waals surface area contributed by atoms with Gasteiger partial charge >= 0.3 is 0 Å². The van der Waals surface area contributed by atoms with Crippen LogP contribution in [0.3, 0.4) is 0 Å². The molecule has 4 heteroatoms. The Morgan fingerprint density at radius 1 is 1.24 bits per heavy atom. The van der Waals surface area contributed by atoms with E-state index in [0.29, 0.717) is 6.04 Å². The predicted molar refractivity (Wildman–Crippen MR) is 73.9 cm³/mol. The van der Waals surface area contributed by atoms with Crippen LogP contribution in [0.2, 0.25) is 0 Å². The minimum absolute atomic E-state index is 0.532. The Kier molecular flexibility index (Phi) is 4.37. The Bertz CT molecular complexity index is 350. The van der Waals surface area contributed by atoms with E-state index in [2.05, 4.69) is 45.1 Å². The van der Waals surface area contributed by atoms with Gasteiger partial charge in [0.1, 0.15) is 0 Å². The van der Waals surface area contributed by atoms with Gasteiger partial charge in [0.15, 0.2) is 0 Å². The topological polar surface area (TPSA) is 37.8 Å². The van der Waals surface area contributed by atoms with E-state index in [1.807, 2.05) is 0 Å². The van der Waals surface area contributed by atoms with E-state index >= 15 is 0 Å². The largest absolute Gasteiger partial charge is 0.351 e. The van der Waals surface area contributed by atoms with Crippen molar-refractivity contribution in [3.63, 3.8) is 0 Å². The molecule has 0 spiro atoms. The van der Waals surface area contributed by atoms with Crippen molar-refractivity contribution in [3.8, 4) is 0 Å². The summed E-state index contributed by atoms with van der Waals surface area (Å²) in [6.45, 7) is 4.63. The Morgan fingerprint density at radius 3 is 2.53 bits per heavy atom. The van der Waals surface area contributed by atoms with Crippen molar-refractivity contribution in [1.29, 1.82) is 0 Å². The summed E-state index contributed by atoms with van der Waals surface area (Å²) >= 11 is 3.35. The van der Waals surface area contributed by atoms with Crippen molar-refractivity contribution >= 4 is 21.9 Å². The minimum Gasteiger partial charge on any atom is -0.351 e.